The van der Waals surface area contributed by atoms with Crippen LogP contribution in [0.1, 0.15) is 30.4 Å². The Labute approximate surface area is 194 Å². The van der Waals surface area contributed by atoms with Crippen molar-refractivity contribution in [1.29, 1.82) is 0 Å². The Morgan fingerprint density at radius 3 is 2.52 bits per heavy atom. The zero-order valence-corrected chi connectivity index (χ0v) is 19.2. The first-order valence-electron chi connectivity index (χ1n) is 10.9. The van der Waals surface area contributed by atoms with Crippen molar-refractivity contribution in [2.45, 2.75) is 32.8 Å². The summed E-state index contributed by atoms with van der Waals surface area (Å²) >= 11 is 0. The molecule has 3 N–H and O–H groups in total. The average molecular weight is 454 g/mol. The predicted molar refractivity (Wildman–Crippen MR) is 130 cm³/mol. The molecule has 0 unspecified atom stereocenters. The SMILES string of the molecule is C1CCNCC1.C=O.CNc1cc(-c2cccc(OCc3cc(F)ccc3C)c2)c(O)cn1. The number of hydrogen-bond donors (Lipinski definition) is 3. The number of ether oxygens (including phenoxy) is 1. The molecule has 176 valence electrons. The molecule has 0 spiro atoms. The monoisotopic (exact) mass is 453 g/mol. The zero-order chi connectivity index (χ0) is 24.1. The van der Waals surface area contributed by atoms with Crippen molar-refractivity contribution in [3.05, 3.63) is 71.7 Å². The molecule has 1 aliphatic heterocycles. The van der Waals surface area contributed by atoms with Gasteiger partial charge in [-0.25, -0.2) is 9.37 Å². The van der Waals surface area contributed by atoms with Crippen LogP contribution >= 0.6 is 0 Å². The van der Waals surface area contributed by atoms with E-state index in [-0.39, 0.29) is 18.2 Å². The maximum Gasteiger partial charge on any atom is 0.141 e. The van der Waals surface area contributed by atoms with Crippen molar-refractivity contribution in [1.82, 2.24) is 10.3 Å². The zero-order valence-electron chi connectivity index (χ0n) is 19.2. The summed E-state index contributed by atoms with van der Waals surface area (Å²) in [7, 11) is 1.77. The van der Waals surface area contributed by atoms with Crippen molar-refractivity contribution in [3.8, 4) is 22.6 Å². The van der Waals surface area contributed by atoms with Gasteiger partial charge in [0.25, 0.3) is 0 Å². The number of rotatable bonds is 5. The molecule has 2 heterocycles. The van der Waals surface area contributed by atoms with Crippen LogP contribution in [0.15, 0.2) is 54.7 Å². The Balaban J connectivity index is 0.000000411. The van der Waals surface area contributed by atoms with Crippen LogP contribution in [-0.4, -0.2) is 37.0 Å². The first kappa shape index (κ1) is 25.8. The molecule has 1 aliphatic rings. The first-order chi connectivity index (χ1) is 16.1. The van der Waals surface area contributed by atoms with Crippen molar-refractivity contribution < 1.29 is 19.0 Å². The van der Waals surface area contributed by atoms with E-state index in [2.05, 4.69) is 15.6 Å². The molecule has 0 bridgehead atoms. The minimum absolute atomic E-state index is 0.0946. The van der Waals surface area contributed by atoms with Crippen LogP contribution in [0.25, 0.3) is 11.1 Å². The fourth-order valence-corrected chi connectivity index (χ4v) is 3.33. The molecular formula is C26H32FN3O3. The highest BCUT2D eigenvalue weighted by atomic mass is 19.1. The summed E-state index contributed by atoms with van der Waals surface area (Å²) in [5, 5.41) is 16.3. The van der Waals surface area contributed by atoms with E-state index in [1.165, 1.54) is 50.7 Å². The number of piperidine rings is 1. The first-order valence-corrected chi connectivity index (χ1v) is 10.9. The fraction of sp³-hybridized carbons (Fsp3) is 0.308. The standard InChI is InChI=1S/C20H19FN2O2.C5H11N.CH2O/c1-13-6-7-16(21)8-15(13)12-25-17-5-3-4-14(9-17)18-10-20(22-2)23-11-19(18)24;1-2-4-6-5-3-1;1-2/h3-11,24H,12H2,1-2H3,(H,22,23);6H,1-5H2;1H2. The van der Waals surface area contributed by atoms with Gasteiger partial charge < -0.3 is 25.3 Å². The van der Waals surface area contributed by atoms with Crippen LogP contribution in [0.2, 0.25) is 0 Å². The summed E-state index contributed by atoms with van der Waals surface area (Å²) in [5.41, 5.74) is 3.24. The lowest BCUT2D eigenvalue weighted by atomic mass is 10.1. The minimum atomic E-state index is -0.278. The third-order valence-electron chi connectivity index (χ3n) is 5.20. The summed E-state index contributed by atoms with van der Waals surface area (Å²) in [5.74, 6) is 1.12. The number of carbonyl (C=O) groups excluding carboxylic acids is 1. The normalized spacial score (nSPS) is 12.5. The van der Waals surface area contributed by atoms with Crippen molar-refractivity contribution in [2.75, 3.05) is 25.5 Å². The van der Waals surface area contributed by atoms with Crippen molar-refractivity contribution >= 4 is 12.6 Å². The lowest BCUT2D eigenvalue weighted by Gasteiger charge is -2.11. The van der Waals surface area contributed by atoms with Gasteiger partial charge in [-0.15, -0.1) is 0 Å². The summed E-state index contributed by atoms with van der Waals surface area (Å²) in [6, 6.07) is 13.8. The lowest BCUT2D eigenvalue weighted by molar-refractivity contribution is -0.0980. The second kappa shape index (κ2) is 13.9. The van der Waals surface area contributed by atoms with Gasteiger partial charge in [0.1, 0.15) is 36.5 Å². The van der Waals surface area contributed by atoms with Crippen LogP contribution in [0.4, 0.5) is 10.2 Å². The fourth-order valence-electron chi connectivity index (χ4n) is 3.33. The number of pyridine rings is 1. The Morgan fingerprint density at radius 2 is 1.88 bits per heavy atom. The number of aromatic nitrogens is 1. The summed E-state index contributed by atoms with van der Waals surface area (Å²) in [4.78, 5) is 12.1. The Morgan fingerprint density at radius 1 is 1.12 bits per heavy atom. The second-order valence-corrected chi connectivity index (χ2v) is 7.53. The van der Waals surface area contributed by atoms with E-state index in [1.807, 2.05) is 38.0 Å². The molecular weight excluding hydrogens is 421 g/mol. The van der Waals surface area contributed by atoms with Gasteiger partial charge in [-0.3, -0.25) is 0 Å². The minimum Gasteiger partial charge on any atom is -0.506 e. The number of carbonyl (C=O) groups is 1. The molecule has 0 radical (unpaired) electrons. The van der Waals surface area contributed by atoms with Gasteiger partial charge in [0.15, 0.2) is 0 Å². The number of anilines is 1. The highest BCUT2D eigenvalue weighted by molar-refractivity contribution is 5.73. The van der Waals surface area contributed by atoms with E-state index in [4.69, 9.17) is 9.53 Å². The number of nitrogens with zero attached hydrogens (tertiary/aromatic N) is 1. The molecule has 1 fully saturated rings. The molecule has 7 heteroatoms. The third kappa shape index (κ3) is 8.20. The van der Waals surface area contributed by atoms with Crippen LogP contribution in [0.3, 0.4) is 0 Å². The van der Waals surface area contributed by atoms with Gasteiger partial charge in [0.05, 0.1) is 6.20 Å². The molecule has 33 heavy (non-hydrogen) atoms. The molecule has 2 aromatic carbocycles. The molecule has 1 saturated heterocycles. The molecule has 6 nitrogen and oxygen atoms in total. The lowest BCUT2D eigenvalue weighted by Crippen LogP contribution is -2.21. The van der Waals surface area contributed by atoms with E-state index < -0.39 is 0 Å². The largest absolute Gasteiger partial charge is 0.506 e. The number of aromatic hydroxyl groups is 1. The number of hydrogen-bond acceptors (Lipinski definition) is 6. The van der Waals surface area contributed by atoms with E-state index in [0.29, 0.717) is 17.1 Å². The smallest absolute Gasteiger partial charge is 0.141 e. The van der Waals surface area contributed by atoms with Gasteiger partial charge in [-0.1, -0.05) is 24.6 Å². The van der Waals surface area contributed by atoms with Gasteiger partial charge >= 0.3 is 0 Å². The maximum atomic E-state index is 13.4. The van der Waals surface area contributed by atoms with E-state index in [1.54, 1.807) is 19.2 Å². The van der Waals surface area contributed by atoms with E-state index in [9.17, 15) is 9.50 Å². The number of halogens is 1. The molecule has 4 rings (SSSR count). The second-order valence-electron chi connectivity index (χ2n) is 7.53. The van der Waals surface area contributed by atoms with Gasteiger partial charge in [0, 0.05) is 12.6 Å². The summed E-state index contributed by atoms with van der Waals surface area (Å²) < 4.78 is 19.2. The number of aryl methyl sites for hydroxylation is 1. The quantitative estimate of drug-likeness (QED) is 0.499. The Hall–Kier alpha value is -3.45. The van der Waals surface area contributed by atoms with Gasteiger partial charge in [-0.05, 0) is 79.9 Å². The Kier molecular flexibility index (Phi) is 10.8. The van der Waals surface area contributed by atoms with E-state index >= 15 is 0 Å². The topological polar surface area (TPSA) is 83.5 Å². The molecule has 0 atom stereocenters. The predicted octanol–water partition coefficient (Wildman–Crippen LogP) is 5.10. The van der Waals surface area contributed by atoms with Gasteiger partial charge in [-0.2, -0.15) is 0 Å². The van der Waals surface area contributed by atoms with Crippen LogP contribution in [0, 0.1) is 12.7 Å². The molecule has 1 aromatic heterocycles. The van der Waals surface area contributed by atoms with Gasteiger partial charge in [0.2, 0.25) is 0 Å². The summed E-state index contributed by atoms with van der Waals surface area (Å²) in [6.45, 7) is 6.69. The molecule has 0 aliphatic carbocycles. The van der Waals surface area contributed by atoms with E-state index in [0.717, 1.165) is 16.7 Å². The van der Waals surface area contributed by atoms with Crippen LogP contribution in [-0.2, 0) is 11.4 Å². The van der Waals surface area contributed by atoms with Crippen LogP contribution in [0.5, 0.6) is 11.5 Å². The molecule has 0 amide bonds. The number of nitrogens with one attached hydrogen (secondary N) is 2. The molecule has 0 saturated carbocycles. The molecule has 3 aromatic rings. The highest BCUT2D eigenvalue weighted by Gasteiger charge is 2.08. The van der Waals surface area contributed by atoms with Crippen molar-refractivity contribution in [3.63, 3.8) is 0 Å². The van der Waals surface area contributed by atoms with Crippen LogP contribution < -0.4 is 15.4 Å². The highest BCUT2D eigenvalue weighted by Crippen LogP contribution is 2.32. The van der Waals surface area contributed by atoms with Crippen molar-refractivity contribution in [2.24, 2.45) is 0 Å². The Bertz CT molecular complexity index is 998. The number of benzene rings is 2. The third-order valence-corrected chi connectivity index (χ3v) is 5.20. The average Bonchev–Trinajstić information content (AvgIpc) is 2.88. The maximum absolute atomic E-state index is 13.4. The summed E-state index contributed by atoms with van der Waals surface area (Å²) in [6.07, 6.45) is 5.62.